The molecule has 1 aromatic carbocycles. The Kier molecular flexibility index (Phi) is 6.66. The minimum Gasteiger partial charge on any atom is -0.383 e. The van der Waals surface area contributed by atoms with Crippen LogP contribution in [-0.4, -0.2) is 62.7 Å². The Labute approximate surface area is 159 Å². The van der Waals surface area contributed by atoms with Gasteiger partial charge in [0.2, 0.25) is 11.8 Å². The number of benzene rings is 1. The molecule has 0 radical (unpaired) electrons. The number of halogens is 1. The number of nitrogens with zero attached hydrogens (tertiary/aromatic N) is 2. The van der Waals surface area contributed by atoms with Crippen molar-refractivity contribution in [3.63, 3.8) is 0 Å². The maximum absolute atomic E-state index is 13.1. The summed E-state index contributed by atoms with van der Waals surface area (Å²) in [6.07, 6.45) is 2.76. The molecule has 0 bridgehead atoms. The third-order valence-corrected chi connectivity index (χ3v) is 5.47. The van der Waals surface area contributed by atoms with Crippen LogP contribution in [0.15, 0.2) is 24.3 Å². The van der Waals surface area contributed by atoms with Gasteiger partial charge in [0.25, 0.3) is 0 Å². The van der Waals surface area contributed by atoms with Crippen LogP contribution in [0.5, 0.6) is 0 Å². The van der Waals surface area contributed by atoms with E-state index in [1.54, 1.807) is 24.1 Å². The van der Waals surface area contributed by atoms with Crippen LogP contribution in [0.3, 0.4) is 0 Å². The Bertz CT molecular complexity index is 644. The molecule has 0 unspecified atom stereocenters. The van der Waals surface area contributed by atoms with Crippen LogP contribution in [0.4, 0.5) is 10.1 Å². The van der Waals surface area contributed by atoms with Gasteiger partial charge in [-0.05, 0) is 43.5 Å². The lowest BCUT2D eigenvalue weighted by Gasteiger charge is -2.36. The first-order chi connectivity index (χ1) is 13.1. The highest BCUT2D eigenvalue weighted by molar-refractivity contribution is 5.84. The van der Waals surface area contributed by atoms with E-state index in [-0.39, 0.29) is 29.6 Å². The molecule has 2 aliphatic heterocycles. The number of hydrogen-bond acceptors (Lipinski definition) is 4. The van der Waals surface area contributed by atoms with Crippen molar-refractivity contribution >= 4 is 17.5 Å². The summed E-state index contributed by atoms with van der Waals surface area (Å²) in [5, 5.41) is 3.17. The summed E-state index contributed by atoms with van der Waals surface area (Å²) in [7, 11) is 1.61. The summed E-state index contributed by atoms with van der Waals surface area (Å²) in [4.78, 5) is 28.6. The summed E-state index contributed by atoms with van der Waals surface area (Å²) in [6.45, 7) is 3.17. The van der Waals surface area contributed by atoms with E-state index < -0.39 is 0 Å². The molecule has 1 atom stereocenters. The lowest BCUT2D eigenvalue weighted by atomic mass is 9.95. The molecular formula is C20H28FN3O3. The topological polar surface area (TPSA) is 61.9 Å². The van der Waals surface area contributed by atoms with Gasteiger partial charge in [0.1, 0.15) is 5.82 Å². The Morgan fingerprint density at radius 3 is 2.59 bits per heavy atom. The van der Waals surface area contributed by atoms with Crippen LogP contribution in [0.2, 0.25) is 0 Å². The van der Waals surface area contributed by atoms with Gasteiger partial charge in [-0.1, -0.05) is 0 Å². The summed E-state index contributed by atoms with van der Waals surface area (Å²) >= 11 is 0. The second-order valence-electron chi connectivity index (χ2n) is 7.31. The van der Waals surface area contributed by atoms with Crippen molar-refractivity contribution in [2.75, 3.05) is 44.8 Å². The quantitative estimate of drug-likeness (QED) is 0.821. The van der Waals surface area contributed by atoms with Crippen molar-refractivity contribution in [1.82, 2.24) is 10.2 Å². The number of ether oxygens (including phenoxy) is 1. The highest BCUT2D eigenvalue weighted by Gasteiger charge is 2.31. The number of piperidine rings is 2. The van der Waals surface area contributed by atoms with E-state index in [0.29, 0.717) is 32.5 Å². The zero-order valence-corrected chi connectivity index (χ0v) is 15.8. The second-order valence-corrected chi connectivity index (χ2v) is 7.31. The minimum atomic E-state index is -0.230. The van der Waals surface area contributed by atoms with E-state index in [1.807, 2.05) is 0 Å². The molecule has 2 fully saturated rings. The first-order valence-electron chi connectivity index (χ1n) is 9.64. The minimum absolute atomic E-state index is 0.0464. The number of carbonyl (C=O) groups excluding carboxylic acids is 2. The van der Waals surface area contributed by atoms with Gasteiger partial charge in [0, 0.05) is 51.4 Å². The molecule has 7 heteroatoms. The van der Waals surface area contributed by atoms with Crippen LogP contribution in [-0.2, 0) is 14.3 Å². The number of anilines is 1. The van der Waals surface area contributed by atoms with E-state index in [0.717, 1.165) is 31.6 Å². The summed E-state index contributed by atoms with van der Waals surface area (Å²) in [5.41, 5.74) is 1.01. The maximum atomic E-state index is 13.1. The Morgan fingerprint density at radius 2 is 1.93 bits per heavy atom. The van der Waals surface area contributed by atoms with Gasteiger partial charge in [0.15, 0.2) is 0 Å². The van der Waals surface area contributed by atoms with Crippen LogP contribution < -0.4 is 10.2 Å². The molecule has 0 aliphatic carbocycles. The third kappa shape index (κ3) is 5.19. The zero-order chi connectivity index (χ0) is 19.2. The SMILES string of the molecule is COCCN1C[C@H](C(=O)NC2CCN(c3ccc(F)cc3)CC2)CCC1=O. The summed E-state index contributed by atoms with van der Waals surface area (Å²) < 4.78 is 18.1. The smallest absolute Gasteiger partial charge is 0.225 e. The van der Waals surface area contributed by atoms with Crippen LogP contribution >= 0.6 is 0 Å². The van der Waals surface area contributed by atoms with E-state index in [2.05, 4.69) is 10.2 Å². The summed E-state index contributed by atoms with van der Waals surface area (Å²) in [5.74, 6) is -0.227. The maximum Gasteiger partial charge on any atom is 0.225 e. The van der Waals surface area contributed by atoms with Gasteiger partial charge in [0.05, 0.1) is 12.5 Å². The highest BCUT2D eigenvalue weighted by atomic mass is 19.1. The van der Waals surface area contributed by atoms with Crippen LogP contribution in [0.1, 0.15) is 25.7 Å². The number of nitrogens with one attached hydrogen (secondary N) is 1. The van der Waals surface area contributed by atoms with E-state index in [1.165, 1.54) is 12.1 Å². The lowest BCUT2D eigenvalue weighted by molar-refractivity contribution is -0.139. The number of hydrogen-bond donors (Lipinski definition) is 1. The van der Waals surface area contributed by atoms with Crippen molar-refractivity contribution in [2.45, 2.75) is 31.7 Å². The first kappa shape index (κ1) is 19.6. The fourth-order valence-corrected chi connectivity index (χ4v) is 3.80. The molecule has 1 aromatic rings. The fourth-order valence-electron chi connectivity index (χ4n) is 3.80. The molecule has 2 amide bonds. The summed E-state index contributed by atoms with van der Waals surface area (Å²) in [6, 6.07) is 6.69. The largest absolute Gasteiger partial charge is 0.383 e. The normalized spacial score (nSPS) is 21.4. The Balaban J connectivity index is 1.46. The van der Waals surface area contributed by atoms with Crippen molar-refractivity contribution in [3.8, 4) is 0 Å². The van der Waals surface area contributed by atoms with Gasteiger partial charge < -0.3 is 19.9 Å². The van der Waals surface area contributed by atoms with E-state index in [4.69, 9.17) is 4.74 Å². The van der Waals surface area contributed by atoms with Crippen molar-refractivity contribution in [1.29, 1.82) is 0 Å². The number of amides is 2. The lowest BCUT2D eigenvalue weighted by Crippen LogP contribution is -2.50. The van der Waals surface area contributed by atoms with Gasteiger partial charge in [-0.15, -0.1) is 0 Å². The Hall–Kier alpha value is -2.15. The molecule has 1 N–H and O–H groups in total. The second kappa shape index (κ2) is 9.17. The standard InChI is InChI=1S/C20H28FN3O3/c1-27-13-12-24-14-15(2-7-19(24)25)20(26)22-17-8-10-23(11-9-17)18-5-3-16(21)4-6-18/h3-6,15,17H,2,7-14H2,1H3,(H,22,26)/t15-/m1/s1. The molecule has 0 aromatic heterocycles. The predicted molar refractivity (Wildman–Crippen MR) is 101 cm³/mol. The number of likely N-dealkylation sites (tertiary alicyclic amines) is 1. The van der Waals surface area contributed by atoms with Gasteiger partial charge in [-0.2, -0.15) is 0 Å². The average molecular weight is 377 g/mol. The van der Waals surface area contributed by atoms with Gasteiger partial charge >= 0.3 is 0 Å². The van der Waals surface area contributed by atoms with Crippen molar-refractivity contribution in [3.05, 3.63) is 30.1 Å². The average Bonchev–Trinajstić information content (AvgIpc) is 2.68. The molecule has 2 aliphatic rings. The third-order valence-electron chi connectivity index (χ3n) is 5.47. The van der Waals surface area contributed by atoms with Crippen LogP contribution in [0.25, 0.3) is 0 Å². The number of rotatable bonds is 6. The molecule has 148 valence electrons. The highest BCUT2D eigenvalue weighted by Crippen LogP contribution is 2.22. The molecule has 6 nitrogen and oxygen atoms in total. The Morgan fingerprint density at radius 1 is 1.22 bits per heavy atom. The monoisotopic (exact) mass is 377 g/mol. The van der Waals surface area contributed by atoms with Crippen molar-refractivity contribution in [2.24, 2.45) is 5.92 Å². The molecular weight excluding hydrogens is 349 g/mol. The van der Waals surface area contributed by atoms with Crippen LogP contribution in [0, 0.1) is 11.7 Å². The van der Waals surface area contributed by atoms with Crippen molar-refractivity contribution < 1.29 is 18.7 Å². The fraction of sp³-hybridized carbons (Fsp3) is 0.600. The van der Waals surface area contributed by atoms with E-state index >= 15 is 0 Å². The molecule has 27 heavy (non-hydrogen) atoms. The molecule has 3 rings (SSSR count). The molecule has 2 heterocycles. The first-order valence-corrected chi connectivity index (χ1v) is 9.64. The molecule has 0 saturated carbocycles. The van der Waals surface area contributed by atoms with Gasteiger partial charge in [-0.3, -0.25) is 9.59 Å². The molecule has 0 spiro atoms. The predicted octanol–water partition coefficient (Wildman–Crippen LogP) is 1.80. The zero-order valence-electron chi connectivity index (χ0n) is 15.8. The van der Waals surface area contributed by atoms with Gasteiger partial charge in [-0.25, -0.2) is 4.39 Å². The van der Waals surface area contributed by atoms with E-state index in [9.17, 15) is 14.0 Å². The number of methoxy groups -OCH3 is 1. The number of carbonyl (C=O) groups is 2. The molecule has 2 saturated heterocycles.